The molecule has 6 heteroatoms. The van der Waals surface area contributed by atoms with E-state index in [0.29, 0.717) is 12.4 Å². The molecule has 23 heavy (non-hydrogen) atoms. The van der Waals surface area contributed by atoms with Gasteiger partial charge in [-0.05, 0) is 25.5 Å². The van der Waals surface area contributed by atoms with Crippen LogP contribution in [0.3, 0.4) is 0 Å². The number of benzene rings is 1. The van der Waals surface area contributed by atoms with Crippen LogP contribution in [-0.2, 0) is 0 Å². The molecule has 0 radical (unpaired) electrons. The van der Waals surface area contributed by atoms with Gasteiger partial charge >= 0.3 is 0 Å². The molecule has 2 rings (SSSR count). The van der Waals surface area contributed by atoms with Crippen molar-refractivity contribution in [2.75, 3.05) is 6.61 Å². The van der Waals surface area contributed by atoms with Gasteiger partial charge in [0.2, 0.25) is 5.82 Å². The molecule has 0 spiro atoms. The SMILES string of the molecule is CCCCCCOc1ccc(-c2cc(=O)[nH]c(C)n2)c(F)c1F. The molecule has 0 aliphatic carbocycles. The van der Waals surface area contributed by atoms with Gasteiger partial charge in [-0.15, -0.1) is 0 Å². The van der Waals surface area contributed by atoms with Crippen molar-refractivity contribution < 1.29 is 13.5 Å². The fraction of sp³-hybridized carbons (Fsp3) is 0.412. The molecule has 0 saturated carbocycles. The first-order valence-corrected chi connectivity index (χ1v) is 7.72. The van der Waals surface area contributed by atoms with Crippen molar-refractivity contribution >= 4 is 0 Å². The highest BCUT2D eigenvalue weighted by Crippen LogP contribution is 2.28. The number of ether oxygens (including phenoxy) is 1. The predicted octanol–water partition coefficient (Wildman–Crippen LogP) is 3.98. The molecule has 0 amide bonds. The normalized spacial score (nSPS) is 10.8. The summed E-state index contributed by atoms with van der Waals surface area (Å²) in [6.45, 7) is 4.02. The molecule has 0 aliphatic heterocycles. The summed E-state index contributed by atoms with van der Waals surface area (Å²) in [5, 5.41) is 0. The van der Waals surface area contributed by atoms with Crippen LogP contribution < -0.4 is 10.3 Å². The average Bonchev–Trinajstić information content (AvgIpc) is 2.50. The fourth-order valence-electron chi connectivity index (χ4n) is 2.27. The molecule has 0 aliphatic rings. The number of aromatic amines is 1. The van der Waals surface area contributed by atoms with Gasteiger partial charge in [-0.1, -0.05) is 26.2 Å². The van der Waals surface area contributed by atoms with Gasteiger partial charge in [0.1, 0.15) is 5.82 Å². The van der Waals surface area contributed by atoms with Gasteiger partial charge in [-0.3, -0.25) is 4.79 Å². The molecule has 0 fully saturated rings. The van der Waals surface area contributed by atoms with Crippen molar-refractivity contribution in [3.05, 3.63) is 46.0 Å². The van der Waals surface area contributed by atoms with Crippen LogP contribution >= 0.6 is 0 Å². The second kappa shape index (κ2) is 7.85. The number of nitrogens with zero attached hydrogens (tertiary/aromatic N) is 1. The van der Waals surface area contributed by atoms with Gasteiger partial charge in [-0.2, -0.15) is 4.39 Å². The highest BCUT2D eigenvalue weighted by molar-refractivity contribution is 5.61. The summed E-state index contributed by atoms with van der Waals surface area (Å²) in [5.41, 5.74) is -0.379. The summed E-state index contributed by atoms with van der Waals surface area (Å²) in [4.78, 5) is 17.9. The third kappa shape index (κ3) is 4.37. The Morgan fingerprint density at radius 1 is 1.17 bits per heavy atom. The van der Waals surface area contributed by atoms with Crippen molar-refractivity contribution in [3.63, 3.8) is 0 Å². The molecule has 0 saturated heterocycles. The van der Waals surface area contributed by atoms with Crippen LogP contribution in [0, 0.1) is 18.6 Å². The standard InChI is InChI=1S/C17H20F2N2O2/c1-3-4-5-6-9-23-14-8-7-12(16(18)17(14)19)13-10-15(22)21-11(2)20-13/h7-8,10H,3-6,9H2,1-2H3,(H,20,21,22). The minimum Gasteiger partial charge on any atom is -0.490 e. The van der Waals surface area contributed by atoms with Gasteiger partial charge in [0.05, 0.1) is 12.3 Å². The first kappa shape index (κ1) is 17.1. The molecule has 0 atom stereocenters. The average molecular weight is 322 g/mol. The summed E-state index contributed by atoms with van der Waals surface area (Å²) < 4.78 is 33.6. The molecule has 1 N–H and O–H groups in total. The Hall–Kier alpha value is -2.24. The quantitative estimate of drug-likeness (QED) is 0.784. The summed E-state index contributed by atoms with van der Waals surface area (Å²) in [5.74, 6) is -1.90. The summed E-state index contributed by atoms with van der Waals surface area (Å²) in [6.07, 6.45) is 3.98. The Morgan fingerprint density at radius 2 is 1.96 bits per heavy atom. The maximum absolute atomic E-state index is 14.2. The van der Waals surface area contributed by atoms with Crippen molar-refractivity contribution in [1.29, 1.82) is 0 Å². The van der Waals surface area contributed by atoms with Gasteiger partial charge in [-0.25, -0.2) is 9.37 Å². The van der Waals surface area contributed by atoms with Crippen LogP contribution in [0.15, 0.2) is 23.0 Å². The predicted molar refractivity (Wildman–Crippen MR) is 84.6 cm³/mol. The van der Waals surface area contributed by atoms with E-state index in [4.69, 9.17) is 4.74 Å². The van der Waals surface area contributed by atoms with E-state index in [2.05, 4.69) is 16.9 Å². The smallest absolute Gasteiger partial charge is 0.251 e. The van der Waals surface area contributed by atoms with E-state index < -0.39 is 17.2 Å². The minimum absolute atomic E-state index is 0.0602. The number of H-pyrrole nitrogens is 1. The van der Waals surface area contributed by atoms with E-state index in [1.807, 2.05) is 0 Å². The number of aromatic nitrogens is 2. The first-order chi connectivity index (χ1) is 11.0. The zero-order valence-corrected chi connectivity index (χ0v) is 13.3. The molecule has 1 heterocycles. The Morgan fingerprint density at radius 3 is 2.65 bits per heavy atom. The Kier molecular flexibility index (Phi) is 5.84. The monoisotopic (exact) mass is 322 g/mol. The highest BCUT2D eigenvalue weighted by atomic mass is 19.2. The van der Waals surface area contributed by atoms with Gasteiger partial charge < -0.3 is 9.72 Å². The second-order valence-corrected chi connectivity index (χ2v) is 5.36. The van der Waals surface area contributed by atoms with Crippen LogP contribution in [0.1, 0.15) is 38.4 Å². The largest absolute Gasteiger partial charge is 0.490 e. The van der Waals surface area contributed by atoms with Gasteiger partial charge in [0.25, 0.3) is 5.56 Å². The van der Waals surface area contributed by atoms with Crippen LogP contribution in [-0.4, -0.2) is 16.6 Å². The molecular formula is C17H20F2N2O2. The minimum atomic E-state index is -1.06. The van der Waals surface area contributed by atoms with E-state index in [1.54, 1.807) is 6.92 Å². The number of hydrogen-bond donors (Lipinski definition) is 1. The fourth-order valence-corrected chi connectivity index (χ4v) is 2.27. The summed E-state index contributed by atoms with van der Waals surface area (Å²) in [6, 6.07) is 3.88. The summed E-state index contributed by atoms with van der Waals surface area (Å²) in [7, 11) is 0. The van der Waals surface area contributed by atoms with Crippen LogP contribution in [0.2, 0.25) is 0 Å². The molecule has 1 aromatic carbocycles. The van der Waals surface area contributed by atoms with Crippen molar-refractivity contribution in [2.24, 2.45) is 0 Å². The molecule has 1 aromatic heterocycles. The number of nitrogens with one attached hydrogen (secondary N) is 1. The number of hydrogen-bond acceptors (Lipinski definition) is 3. The van der Waals surface area contributed by atoms with Crippen molar-refractivity contribution in [1.82, 2.24) is 9.97 Å². The Balaban J connectivity index is 2.18. The Bertz CT molecular complexity index is 729. The number of aryl methyl sites for hydroxylation is 1. The van der Waals surface area contributed by atoms with E-state index in [9.17, 15) is 13.6 Å². The summed E-state index contributed by atoms with van der Waals surface area (Å²) >= 11 is 0. The van der Waals surface area contributed by atoms with E-state index in [1.165, 1.54) is 12.1 Å². The molecular weight excluding hydrogens is 302 g/mol. The number of rotatable bonds is 7. The van der Waals surface area contributed by atoms with E-state index in [0.717, 1.165) is 31.7 Å². The zero-order chi connectivity index (χ0) is 16.8. The lowest BCUT2D eigenvalue weighted by Crippen LogP contribution is -2.09. The molecule has 0 unspecified atom stereocenters. The van der Waals surface area contributed by atoms with E-state index >= 15 is 0 Å². The first-order valence-electron chi connectivity index (χ1n) is 7.72. The third-order valence-corrected chi connectivity index (χ3v) is 3.44. The molecule has 2 aromatic rings. The lowest BCUT2D eigenvalue weighted by Gasteiger charge is -2.10. The zero-order valence-electron chi connectivity index (χ0n) is 13.3. The van der Waals surface area contributed by atoms with Gasteiger partial charge in [0, 0.05) is 11.6 Å². The van der Waals surface area contributed by atoms with Crippen molar-refractivity contribution in [2.45, 2.75) is 39.5 Å². The number of halogens is 2. The lowest BCUT2D eigenvalue weighted by molar-refractivity contribution is 0.285. The third-order valence-electron chi connectivity index (χ3n) is 3.44. The number of unbranched alkanes of at least 4 members (excludes halogenated alkanes) is 3. The molecule has 0 bridgehead atoms. The molecule has 4 nitrogen and oxygen atoms in total. The maximum Gasteiger partial charge on any atom is 0.251 e. The van der Waals surface area contributed by atoms with Gasteiger partial charge in [0.15, 0.2) is 11.6 Å². The Labute approximate surface area is 133 Å². The topological polar surface area (TPSA) is 55.0 Å². The van der Waals surface area contributed by atoms with E-state index in [-0.39, 0.29) is 17.0 Å². The second-order valence-electron chi connectivity index (χ2n) is 5.36. The van der Waals surface area contributed by atoms with Crippen LogP contribution in [0.4, 0.5) is 8.78 Å². The highest BCUT2D eigenvalue weighted by Gasteiger charge is 2.17. The maximum atomic E-state index is 14.2. The molecule has 124 valence electrons. The van der Waals surface area contributed by atoms with Crippen LogP contribution in [0.25, 0.3) is 11.3 Å². The lowest BCUT2D eigenvalue weighted by atomic mass is 10.1. The van der Waals surface area contributed by atoms with Crippen LogP contribution in [0.5, 0.6) is 5.75 Å². The van der Waals surface area contributed by atoms with Crippen molar-refractivity contribution in [3.8, 4) is 17.0 Å².